The van der Waals surface area contributed by atoms with Gasteiger partial charge in [-0.1, -0.05) is 12.1 Å². The van der Waals surface area contributed by atoms with Gasteiger partial charge in [-0.15, -0.1) is 0 Å². The molecule has 0 heterocycles. The van der Waals surface area contributed by atoms with Crippen molar-refractivity contribution in [3.05, 3.63) is 48.0 Å². The van der Waals surface area contributed by atoms with Crippen molar-refractivity contribution in [2.45, 2.75) is 6.92 Å². The molecule has 21 heavy (non-hydrogen) atoms. The molecular weight excluding hydrogens is 268 g/mol. The van der Waals surface area contributed by atoms with Gasteiger partial charge in [0.15, 0.2) is 0 Å². The molecule has 0 aliphatic carbocycles. The predicted octanol–water partition coefficient (Wildman–Crippen LogP) is 2.93. The minimum atomic E-state index is -0.253. The minimum absolute atomic E-state index is 0.253. The predicted molar refractivity (Wildman–Crippen MR) is 83.0 cm³/mol. The molecule has 0 aliphatic rings. The Labute approximate surface area is 123 Å². The summed E-state index contributed by atoms with van der Waals surface area (Å²) in [5.41, 5.74) is 7.31. The molecule has 5 heteroatoms. The summed E-state index contributed by atoms with van der Waals surface area (Å²) in [5, 5.41) is 2.82. The van der Waals surface area contributed by atoms with Crippen molar-refractivity contribution in [3.63, 3.8) is 0 Å². The van der Waals surface area contributed by atoms with Crippen LogP contribution in [0.15, 0.2) is 42.5 Å². The first-order valence-corrected chi connectivity index (χ1v) is 6.62. The van der Waals surface area contributed by atoms with Crippen LogP contribution in [0.5, 0.6) is 11.5 Å². The van der Waals surface area contributed by atoms with Crippen LogP contribution in [0.2, 0.25) is 0 Å². The highest BCUT2D eigenvalue weighted by molar-refractivity contribution is 6.05. The van der Waals surface area contributed by atoms with Crippen molar-refractivity contribution in [2.24, 2.45) is 0 Å². The molecule has 0 fully saturated rings. The second kappa shape index (κ2) is 6.65. The van der Waals surface area contributed by atoms with Crippen molar-refractivity contribution in [1.82, 2.24) is 0 Å². The van der Waals surface area contributed by atoms with E-state index in [1.165, 1.54) is 7.11 Å². The second-order valence-electron chi connectivity index (χ2n) is 4.34. The molecule has 2 rings (SSSR count). The van der Waals surface area contributed by atoms with E-state index in [9.17, 15) is 4.79 Å². The molecule has 0 saturated carbocycles. The van der Waals surface area contributed by atoms with Crippen LogP contribution in [0, 0.1) is 0 Å². The summed E-state index contributed by atoms with van der Waals surface area (Å²) in [5.74, 6) is 0.924. The standard InChI is InChI=1S/C16H18N2O3/c1-3-21-15-7-5-4-6-13(15)18-16(19)11-8-9-14(20-2)12(17)10-11/h4-10H,3,17H2,1-2H3,(H,18,19). The number of para-hydroxylation sites is 2. The first-order chi connectivity index (χ1) is 10.2. The Bertz CT molecular complexity index is 641. The summed E-state index contributed by atoms with van der Waals surface area (Å²) in [6.45, 7) is 2.42. The summed E-state index contributed by atoms with van der Waals surface area (Å²) in [7, 11) is 1.53. The van der Waals surface area contributed by atoms with Crippen LogP contribution in [0.4, 0.5) is 11.4 Å². The number of carbonyl (C=O) groups is 1. The third-order valence-corrected chi connectivity index (χ3v) is 2.93. The molecule has 0 bridgehead atoms. The number of carbonyl (C=O) groups excluding carboxylic acids is 1. The Balaban J connectivity index is 2.20. The van der Waals surface area contributed by atoms with Gasteiger partial charge in [0, 0.05) is 5.56 Å². The van der Waals surface area contributed by atoms with Crippen molar-refractivity contribution >= 4 is 17.3 Å². The number of hydrogen-bond donors (Lipinski definition) is 2. The van der Waals surface area contributed by atoms with Gasteiger partial charge in [-0.2, -0.15) is 0 Å². The number of nitrogen functional groups attached to an aromatic ring is 1. The maximum atomic E-state index is 12.3. The second-order valence-corrected chi connectivity index (χ2v) is 4.34. The van der Waals surface area contributed by atoms with Crippen LogP contribution in [0.25, 0.3) is 0 Å². The molecule has 2 aromatic carbocycles. The zero-order chi connectivity index (χ0) is 15.2. The summed E-state index contributed by atoms with van der Waals surface area (Å²) in [4.78, 5) is 12.3. The highest BCUT2D eigenvalue weighted by Gasteiger charge is 2.11. The number of hydrogen-bond acceptors (Lipinski definition) is 4. The first kappa shape index (κ1) is 14.7. The molecule has 5 nitrogen and oxygen atoms in total. The number of nitrogens with two attached hydrogens (primary N) is 1. The van der Waals surface area contributed by atoms with Crippen LogP contribution < -0.4 is 20.5 Å². The molecule has 110 valence electrons. The highest BCUT2D eigenvalue weighted by Crippen LogP contribution is 2.26. The Kier molecular flexibility index (Phi) is 4.66. The van der Waals surface area contributed by atoms with Gasteiger partial charge in [-0.3, -0.25) is 4.79 Å². The van der Waals surface area contributed by atoms with Gasteiger partial charge in [0.25, 0.3) is 5.91 Å². The largest absolute Gasteiger partial charge is 0.495 e. The van der Waals surface area contributed by atoms with E-state index < -0.39 is 0 Å². The average molecular weight is 286 g/mol. The molecule has 0 aromatic heterocycles. The Morgan fingerprint density at radius 2 is 1.95 bits per heavy atom. The van der Waals surface area contributed by atoms with E-state index >= 15 is 0 Å². The molecule has 0 atom stereocenters. The lowest BCUT2D eigenvalue weighted by molar-refractivity contribution is 0.102. The van der Waals surface area contributed by atoms with Crippen molar-refractivity contribution in [2.75, 3.05) is 24.8 Å². The van der Waals surface area contributed by atoms with Crippen LogP contribution in [-0.4, -0.2) is 19.6 Å². The Morgan fingerprint density at radius 1 is 1.19 bits per heavy atom. The molecule has 0 unspecified atom stereocenters. The molecule has 0 aliphatic heterocycles. The third-order valence-electron chi connectivity index (χ3n) is 2.93. The molecule has 3 N–H and O–H groups in total. The van der Waals surface area contributed by atoms with E-state index in [2.05, 4.69) is 5.32 Å². The van der Waals surface area contributed by atoms with Crippen LogP contribution in [0.1, 0.15) is 17.3 Å². The first-order valence-electron chi connectivity index (χ1n) is 6.62. The lowest BCUT2D eigenvalue weighted by Crippen LogP contribution is -2.13. The smallest absolute Gasteiger partial charge is 0.255 e. The number of anilines is 2. The van der Waals surface area contributed by atoms with Crippen LogP contribution in [0.3, 0.4) is 0 Å². The summed E-state index contributed by atoms with van der Waals surface area (Å²) in [6.07, 6.45) is 0. The summed E-state index contributed by atoms with van der Waals surface area (Å²) < 4.78 is 10.5. The number of methoxy groups -OCH3 is 1. The van der Waals surface area contributed by atoms with Gasteiger partial charge >= 0.3 is 0 Å². The highest BCUT2D eigenvalue weighted by atomic mass is 16.5. The van der Waals surface area contributed by atoms with Crippen molar-refractivity contribution in [3.8, 4) is 11.5 Å². The average Bonchev–Trinajstić information content (AvgIpc) is 2.49. The molecule has 0 radical (unpaired) electrons. The zero-order valence-corrected chi connectivity index (χ0v) is 12.1. The summed E-state index contributed by atoms with van der Waals surface area (Å²) >= 11 is 0. The molecule has 0 spiro atoms. The Morgan fingerprint density at radius 3 is 2.62 bits per heavy atom. The normalized spacial score (nSPS) is 10.0. The van der Waals surface area contributed by atoms with E-state index in [1.807, 2.05) is 25.1 Å². The monoisotopic (exact) mass is 286 g/mol. The number of amides is 1. The number of rotatable bonds is 5. The number of benzene rings is 2. The fourth-order valence-electron chi connectivity index (χ4n) is 1.92. The topological polar surface area (TPSA) is 73.6 Å². The van der Waals surface area contributed by atoms with E-state index in [0.29, 0.717) is 35.0 Å². The van der Waals surface area contributed by atoms with Gasteiger partial charge in [0.1, 0.15) is 11.5 Å². The number of nitrogens with one attached hydrogen (secondary N) is 1. The molecule has 2 aromatic rings. The molecular formula is C16H18N2O3. The SMILES string of the molecule is CCOc1ccccc1NC(=O)c1ccc(OC)c(N)c1. The minimum Gasteiger partial charge on any atom is -0.495 e. The van der Waals surface area contributed by atoms with E-state index in [-0.39, 0.29) is 5.91 Å². The van der Waals surface area contributed by atoms with Gasteiger partial charge in [-0.25, -0.2) is 0 Å². The molecule has 0 saturated heterocycles. The van der Waals surface area contributed by atoms with Gasteiger partial charge in [0.05, 0.1) is 25.1 Å². The maximum Gasteiger partial charge on any atom is 0.255 e. The van der Waals surface area contributed by atoms with Gasteiger partial charge in [-0.05, 0) is 37.3 Å². The lowest BCUT2D eigenvalue weighted by Gasteiger charge is -2.12. The number of ether oxygens (including phenoxy) is 2. The van der Waals surface area contributed by atoms with Gasteiger partial charge in [0.2, 0.25) is 0 Å². The summed E-state index contributed by atoms with van der Waals surface area (Å²) in [6, 6.07) is 12.2. The lowest BCUT2D eigenvalue weighted by atomic mass is 10.1. The van der Waals surface area contributed by atoms with Gasteiger partial charge < -0.3 is 20.5 Å². The van der Waals surface area contributed by atoms with E-state index in [1.54, 1.807) is 24.3 Å². The fourth-order valence-corrected chi connectivity index (χ4v) is 1.92. The molecule has 1 amide bonds. The van der Waals surface area contributed by atoms with E-state index in [4.69, 9.17) is 15.2 Å². The van der Waals surface area contributed by atoms with Crippen molar-refractivity contribution in [1.29, 1.82) is 0 Å². The zero-order valence-electron chi connectivity index (χ0n) is 12.1. The Hall–Kier alpha value is -2.69. The fraction of sp³-hybridized carbons (Fsp3) is 0.188. The van der Waals surface area contributed by atoms with Crippen LogP contribution in [-0.2, 0) is 0 Å². The maximum absolute atomic E-state index is 12.3. The van der Waals surface area contributed by atoms with E-state index in [0.717, 1.165) is 0 Å². The quantitative estimate of drug-likeness (QED) is 0.829. The third kappa shape index (κ3) is 3.45. The van der Waals surface area contributed by atoms with Crippen molar-refractivity contribution < 1.29 is 14.3 Å². The van der Waals surface area contributed by atoms with Crippen LogP contribution >= 0.6 is 0 Å².